The fourth-order valence-corrected chi connectivity index (χ4v) is 14.6. The maximum Gasteiger partial charge on any atom is 0.455 e. The summed E-state index contributed by atoms with van der Waals surface area (Å²) >= 11 is 0. The highest BCUT2D eigenvalue weighted by atomic mass is 28.4. The van der Waals surface area contributed by atoms with Gasteiger partial charge in [-0.05, 0) is 112 Å². The van der Waals surface area contributed by atoms with E-state index in [1.165, 1.54) is 0 Å². The molecule has 2 aromatic heterocycles. The van der Waals surface area contributed by atoms with E-state index in [0.717, 1.165) is 10.4 Å². The molecule has 2 aliphatic heterocycles. The molecule has 0 saturated carbocycles. The molecule has 0 bridgehead atoms. The van der Waals surface area contributed by atoms with Crippen LogP contribution in [0.3, 0.4) is 0 Å². The highest BCUT2D eigenvalue weighted by molar-refractivity contribution is 6.99. The van der Waals surface area contributed by atoms with E-state index < -0.39 is 85.3 Å². The Morgan fingerprint density at radius 3 is 2.02 bits per heavy atom. The zero-order valence-corrected chi connectivity index (χ0v) is 37.3. The lowest BCUT2D eigenvalue weighted by atomic mass is 9.58. The maximum absolute atomic E-state index is 14.7. The standard InChI is InChI=1S/C49H47BF6N2O7Si/c1-47(2,3)66(37-12-6-4-7-13-37,38-14-8-5-9-15-38)63-29-31-23-39-44(46(61)58(45(39)60)34-25-32(48(51,52)53)24-33(26-34)49(54,55)56)40-27-50(62)65-42(43(31)40)20-17-30(41-16-10-11-21-57-41)22-35-18-19-36(28-59)64-35/h4-16,18-19,21-22,24-26,39-40,42,44,59,62H,17,20,23,27-29H2,1-3H3/b30-22-/t39-,40+,42-,44-/m1/s1. The van der Waals surface area contributed by atoms with E-state index in [-0.39, 0.29) is 44.9 Å². The van der Waals surface area contributed by atoms with Crippen molar-refractivity contribution in [3.63, 3.8) is 0 Å². The Bertz CT molecular complexity index is 2560. The first-order valence-corrected chi connectivity index (χ1v) is 23.5. The van der Waals surface area contributed by atoms with Crippen LogP contribution in [0.4, 0.5) is 32.0 Å². The number of furan rings is 1. The SMILES string of the molecule is CC(C)(C)[Si](OCC1=C2[C@@H](CC/C(=C/c3ccc(CO)o3)c3ccccn3)OB(O)C[C@@H]2[C@@H]2C(=O)N(c3cc(C(F)(F)F)cc(C(F)(F)F)c3)C(=O)[C@@H]2C1)(c1ccccc1)c1ccccc1. The first-order valence-electron chi connectivity index (χ1n) is 21.6. The number of hydrogen-bond acceptors (Lipinski definition) is 8. The summed E-state index contributed by atoms with van der Waals surface area (Å²) in [6.07, 6.45) is -7.76. The lowest BCUT2D eigenvalue weighted by molar-refractivity contribution is -0.143. The summed E-state index contributed by atoms with van der Waals surface area (Å²) in [6.45, 7) is 5.90. The molecule has 2 fully saturated rings. The number of carbonyl (C=O) groups excluding carboxylic acids is 2. The highest BCUT2D eigenvalue weighted by Crippen LogP contribution is 2.53. The smallest absolute Gasteiger partial charge is 0.455 e. The van der Waals surface area contributed by atoms with Gasteiger partial charge in [-0.3, -0.25) is 14.6 Å². The summed E-state index contributed by atoms with van der Waals surface area (Å²) in [4.78, 5) is 34.3. The van der Waals surface area contributed by atoms with Crippen molar-refractivity contribution in [1.29, 1.82) is 0 Å². The number of hydrogen-bond donors (Lipinski definition) is 2. The van der Waals surface area contributed by atoms with Crippen LogP contribution in [-0.4, -0.2) is 55.1 Å². The highest BCUT2D eigenvalue weighted by Gasteiger charge is 2.59. The molecule has 2 amide bonds. The fraction of sp³-hybridized carbons (Fsp3) is 0.327. The molecule has 66 heavy (non-hydrogen) atoms. The van der Waals surface area contributed by atoms with Crippen LogP contribution in [0.1, 0.15) is 68.4 Å². The Morgan fingerprint density at radius 2 is 1.47 bits per heavy atom. The second-order valence-electron chi connectivity index (χ2n) is 17.9. The largest absolute Gasteiger partial charge is 0.459 e. The molecule has 3 aromatic carbocycles. The third-order valence-corrected chi connectivity index (χ3v) is 17.8. The van der Waals surface area contributed by atoms with E-state index in [2.05, 4.69) is 25.8 Å². The monoisotopic (exact) mass is 928 g/mol. The molecule has 344 valence electrons. The predicted molar refractivity (Wildman–Crippen MR) is 238 cm³/mol. The number of halogens is 6. The summed E-state index contributed by atoms with van der Waals surface area (Å²) in [5.74, 6) is -4.49. The van der Waals surface area contributed by atoms with Gasteiger partial charge >= 0.3 is 19.5 Å². The van der Waals surface area contributed by atoms with Crippen molar-refractivity contribution >= 4 is 55.0 Å². The van der Waals surface area contributed by atoms with Gasteiger partial charge in [0.2, 0.25) is 11.8 Å². The number of benzene rings is 3. The number of rotatable bonds is 12. The molecule has 0 spiro atoms. The molecule has 3 aliphatic rings. The average molecular weight is 929 g/mol. The molecule has 17 heteroatoms. The van der Waals surface area contributed by atoms with Crippen LogP contribution < -0.4 is 15.3 Å². The third kappa shape index (κ3) is 9.11. The van der Waals surface area contributed by atoms with Gasteiger partial charge in [-0.25, -0.2) is 4.90 Å². The number of anilines is 1. The number of carbonyl (C=O) groups is 2. The second kappa shape index (κ2) is 18.2. The number of aromatic nitrogens is 1. The summed E-state index contributed by atoms with van der Waals surface area (Å²) in [6, 6.07) is 29.0. The lowest BCUT2D eigenvalue weighted by Crippen LogP contribution is -2.66. The number of aliphatic hydroxyl groups excluding tert-OH is 1. The third-order valence-electron chi connectivity index (χ3n) is 12.8. The van der Waals surface area contributed by atoms with Crippen LogP contribution in [0.25, 0.3) is 11.6 Å². The lowest BCUT2D eigenvalue weighted by Gasteiger charge is -2.46. The van der Waals surface area contributed by atoms with Crippen LogP contribution in [0, 0.1) is 17.8 Å². The van der Waals surface area contributed by atoms with Gasteiger partial charge in [-0.2, -0.15) is 26.3 Å². The topological polar surface area (TPSA) is 122 Å². The number of fused-ring (bicyclic) bond motifs is 3. The van der Waals surface area contributed by atoms with Crippen LogP contribution in [0.2, 0.25) is 11.4 Å². The molecular formula is C49H47BF6N2O7Si. The molecule has 4 atom stereocenters. The van der Waals surface area contributed by atoms with E-state index in [9.17, 15) is 46.1 Å². The van der Waals surface area contributed by atoms with Crippen molar-refractivity contribution in [3.05, 3.63) is 155 Å². The molecule has 9 nitrogen and oxygen atoms in total. The van der Waals surface area contributed by atoms with Crippen molar-refractivity contribution in [3.8, 4) is 0 Å². The van der Waals surface area contributed by atoms with Crippen LogP contribution in [0.15, 0.2) is 131 Å². The molecule has 2 saturated heterocycles. The Hall–Kier alpha value is -5.59. The van der Waals surface area contributed by atoms with Gasteiger partial charge < -0.3 is 23.6 Å². The van der Waals surface area contributed by atoms with Gasteiger partial charge in [-0.15, -0.1) is 0 Å². The van der Waals surface area contributed by atoms with Crippen molar-refractivity contribution < 1.29 is 59.6 Å². The summed E-state index contributed by atoms with van der Waals surface area (Å²) < 4.78 is 104. The Labute approximate surface area is 379 Å². The quantitative estimate of drug-likeness (QED) is 0.0551. The Kier molecular flexibility index (Phi) is 13.0. The molecule has 0 unspecified atom stereocenters. The van der Waals surface area contributed by atoms with Crippen molar-refractivity contribution in [2.45, 2.75) is 76.5 Å². The van der Waals surface area contributed by atoms with Gasteiger partial charge in [0.15, 0.2) is 0 Å². The molecule has 8 rings (SSSR count). The average Bonchev–Trinajstić information content (AvgIpc) is 3.85. The van der Waals surface area contributed by atoms with Gasteiger partial charge in [0, 0.05) is 6.20 Å². The maximum atomic E-state index is 14.7. The zero-order valence-electron chi connectivity index (χ0n) is 36.3. The number of nitrogens with zero attached hydrogens (tertiary/aromatic N) is 2. The number of alkyl halides is 6. The number of amides is 2. The second-order valence-corrected chi connectivity index (χ2v) is 22.2. The first kappa shape index (κ1) is 46.9. The normalized spacial score (nSPS) is 20.8. The predicted octanol–water partition coefficient (Wildman–Crippen LogP) is 9.10. The van der Waals surface area contributed by atoms with Crippen molar-refractivity contribution in [2.24, 2.45) is 17.8 Å². The van der Waals surface area contributed by atoms with Gasteiger partial charge in [-0.1, -0.05) is 87.5 Å². The zero-order chi connectivity index (χ0) is 47.2. The number of pyridine rings is 1. The van der Waals surface area contributed by atoms with Crippen LogP contribution in [-0.2, 0) is 37.6 Å². The van der Waals surface area contributed by atoms with E-state index in [4.69, 9.17) is 13.5 Å². The molecule has 1 aliphatic carbocycles. The Balaban J connectivity index is 1.25. The molecule has 5 aromatic rings. The molecule has 2 N–H and O–H groups in total. The summed E-state index contributed by atoms with van der Waals surface area (Å²) in [5.41, 5.74) is -1.68. The van der Waals surface area contributed by atoms with Gasteiger partial charge in [0.1, 0.15) is 18.1 Å². The minimum atomic E-state index is -5.23. The molecular weight excluding hydrogens is 881 g/mol. The summed E-state index contributed by atoms with van der Waals surface area (Å²) in [7, 11) is -4.73. The van der Waals surface area contributed by atoms with Gasteiger partial charge in [0.05, 0.1) is 47.1 Å². The molecule has 4 heterocycles. The van der Waals surface area contributed by atoms with Crippen molar-refractivity contribution in [2.75, 3.05) is 11.5 Å². The summed E-state index contributed by atoms with van der Waals surface area (Å²) in [5, 5.41) is 22.5. The van der Waals surface area contributed by atoms with Crippen LogP contribution in [0.5, 0.6) is 0 Å². The van der Waals surface area contributed by atoms with Gasteiger partial charge in [0.25, 0.3) is 8.32 Å². The van der Waals surface area contributed by atoms with E-state index in [1.807, 2.05) is 72.8 Å². The van der Waals surface area contributed by atoms with E-state index >= 15 is 0 Å². The molecule has 0 radical (unpaired) electrons. The van der Waals surface area contributed by atoms with E-state index in [0.29, 0.717) is 51.0 Å². The minimum Gasteiger partial charge on any atom is -0.459 e. The number of aliphatic hydroxyl groups is 1. The van der Waals surface area contributed by atoms with Crippen LogP contribution >= 0.6 is 0 Å². The first-order chi connectivity index (χ1) is 31.3. The number of allylic oxidation sites excluding steroid dienone is 1. The fourth-order valence-electron chi connectivity index (χ4n) is 10.0. The Morgan fingerprint density at radius 1 is 0.848 bits per heavy atom. The number of imide groups is 1. The minimum absolute atomic E-state index is 0.0496. The van der Waals surface area contributed by atoms with Crippen molar-refractivity contribution in [1.82, 2.24) is 4.98 Å². The van der Waals surface area contributed by atoms with E-state index in [1.54, 1.807) is 30.5 Å².